The van der Waals surface area contributed by atoms with E-state index in [4.69, 9.17) is 9.40 Å². The van der Waals surface area contributed by atoms with Crippen molar-refractivity contribution in [2.24, 2.45) is 0 Å². The molecule has 0 aliphatic rings. The molecule has 0 saturated heterocycles. The molecule has 0 radical (unpaired) electrons. The zero-order valence-electron chi connectivity index (χ0n) is 35.3. The minimum Gasteiger partial charge on any atom is -0.510 e. The van der Waals surface area contributed by atoms with Crippen LogP contribution in [0, 0.1) is 12.1 Å². The van der Waals surface area contributed by atoms with Crippen LogP contribution in [0.3, 0.4) is 0 Å². The van der Waals surface area contributed by atoms with Crippen LogP contribution >= 0.6 is 0 Å². The first kappa shape index (κ1) is 38.4. The maximum absolute atomic E-state index is 6.72. The molecular formula is C58H39N4OPt-3. The Labute approximate surface area is 382 Å². The van der Waals surface area contributed by atoms with Gasteiger partial charge in [-0.25, -0.2) is 4.98 Å². The second-order valence-electron chi connectivity index (χ2n) is 17.7. The van der Waals surface area contributed by atoms with Crippen LogP contribution in [-0.2, 0) is 26.5 Å². The molecule has 13 rings (SSSR count). The van der Waals surface area contributed by atoms with E-state index in [0.29, 0.717) is 11.2 Å². The average Bonchev–Trinajstić information content (AvgIpc) is 3.87. The summed E-state index contributed by atoms with van der Waals surface area (Å²) in [5.41, 5.74) is 9.98. The average molecular weight is 1000 g/mol. The van der Waals surface area contributed by atoms with Gasteiger partial charge in [-0.1, -0.05) is 154 Å². The Morgan fingerprint density at radius 1 is 0.484 bits per heavy atom. The summed E-state index contributed by atoms with van der Waals surface area (Å²) in [5, 5.41) is 12.5. The molecular weight excluding hydrogens is 964 g/mol. The van der Waals surface area contributed by atoms with Crippen molar-refractivity contribution in [2.45, 2.75) is 26.2 Å². The number of imidazole rings is 1. The molecule has 0 N–H and O–H groups in total. The van der Waals surface area contributed by atoms with Crippen molar-refractivity contribution < 1.29 is 25.5 Å². The molecule has 0 saturated carbocycles. The van der Waals surface area contributed by atoms with E-state index in [0.717, 1.165) is 82.0 Å². The summed E-state index contributed by atoms with van der Waals surface area (Å²) >= 11 is 0. The number of hydrogen-bond acceptors (Lipinski definition) is 2. The van der Waals surface area contributed by atoms with Gasteiger partial charge in [0, 0.05) is 49.5 Å². The van der Waals surface area contributed by atoms with Crippen LogP contribution in [-0.4, -0.2) is 18.2 Å². The predicted octanol–water partition coefficient (Wildman–Crippen LogP) is 15.2. The third-order valence-electron chi connectivity index (χ3n) is 12.9. The molecule has 5 nitrogen and oxygen atoms in total. The van der Waals surface area contributed by atoms with Crippen LogP contribution in [0.5, 0.6) is 0 Å². The van der Waals surface area contributed by atoms with Crippen LogP contribution in [0.4, 0.5) is 0 Å². The first-order valence-corrected chi connectivity index (χ1v) is 21.5. The standard InChI is InChI=1S/C58H39N4O.Pt/c1-58(2,3)37-31-51-46-21-9-8-20-45(46)48-28-26-36-30-54(48)61-35-60(53-25-13-23-50(57(53)61)44-19-7-6-18-43(44)42-17-5-4-16-41(36)42)38-14-12-15-39(33-38)63-40-27-29-49-47-22-10-11-24-52(47)62(55(49)34-40)56(32-37)59-51;/h4-32,35H,1-3H3;/q-3;. The van der Waals surface area contributed by atoms with Crippen molar-refractivity contribution >= 4 is 115 Å². The summed E-state index contributed by atoms with van der Waals surface area (Å²) < 4.78 is 13.6. The van der Waals surface area contributed by atoms with Crippen molar-refractivity contribution in [3.63, 3.8) is 0 Å². The van der Waals surface area contributed by atoms with Crippen molar-refractivity contribution in [1.29, 1.82) is 0 Å². The topological polar surface area (TPSA) is 39.3 Å². The van der Waals surface area contributed by atoms with Gasteiger partial charge in [0.2, 0.25) is 0 Å². The Kier molecular flexibility index (Phi) is 8.60. The van der Waals surface area contributed by atoms with E-state index in [1.54, 1.807) is 0 Å². The molecule has 0 spiro atoms. The number of aromatic nitrogens is 4. The van der Waals surface area contributed by atoms with E-state index in [1.807, 2.05) is 18.2 Å². The molecule has 0 aliphatic carbocycles. The Bertz CT molecular complexity index is 4260. The number of hydrogen-bond donors (Lipinski definition) is 0. The molecule has 6 heteroatoms. The van der Waals surface area contributed by atoms with E-state index < -0.39 is 0 Å². The Hall–Kier alpha value is -7.33. The number of fused-ring (bicyclic) bond motifs is 21. The zero-order chi connectivity index (χ0) is 42.0. The van der Waals surface area contributed by atoms with Gasteiger partial charge < -0.3 is 17.6 Å². The van der Waals surface area contributed by atoms with E-state index in [9.17, 15) is 0 Å². The molecule has 13 aromatic rings. The quantitative estimate of drug-likeness (QED) is 0.142. The van der Waals surface area contributed by atoms with E-state index >= 15 is 0 Å². The molecule has 5 heterocycles. The molecule has 5 aromatic heterocycles. The molecule has 10 bridgehead atoms. The molecule has 0 aliphatic heterocycles. The summed E-state index contributed by atoms with van der Waals surface area (Å²) in [7, 11) is 0. The largest absolute Gasteiger partial charge is 0.510 e. The van der Waals surface area contributed by atoms with Crippen LogP contribution in [0.25, 0.3) is 115 Å². The van der Waals surface area contributed by atoms with Gasteiger partial charge >= 0.3 is 0 Å². The smallest absolute Gasteiger partial charge is 0.136 e. The molecule has 310 valence electrons. The first-order valence-electron chi connectivity index (χ1n) is 21.5. The first-order chi connectivity index (χ1) is 30.9. The SMILES string of the molecule is CC(C)(C)c1cc2nc(c1)n1c3[c-]c(ccc3c3ccccc31)oc1[c-]c(ccc1)n1[cH-]n3c4cc(ccc4c4ccccc24)c2ccccc2c2ccccc2c2cccc1c23.[Pt]. The van der Waals surface area contributed by atoms with Gasteiger partial charge in [0.1, 0.15) is 5.65 Å². The van der Waals surface area contributed by atoms with E-state index in [2.05, 4.69) is 210 Å². The molecule has 0 atom stereocenters. The summed E-state index contributed by atoms with van der Waals surface area (Å²) in [6, 6.07) is 70.7. The van der Waals surface area contributed by atoms with Gasteiger partial charge in [0.15, 0.2) is 0 Å². The maximum atomic E-state index is 6.72. The van der Waals surface area contributed by atoms with Crippen molar-refractivity contribution in [1.82, 2.24) is 18.2 Å². The third-order valence-corrected chi connectivity index (χ3v) is 12.9. The van der Waals surface area contributed by atoms with Crippen LogP contribution in [0.15, 0.2) is 187 Å². The van der Waals surface area contributed by atoms with Gasteiger partial charge in [0.05, 0.1) is 5.52 Å². The Balaban J connectivity index is 0.00000433. The number of para-hydroxylation sites is 2. The zero-order valence-corrected chi connectivity index (χ0v) is 37.6. The van der Waals surface area contributed by atoms with Gasteiger partial charge in [-0.05, 0) is 94.2 Å². The monoisotopic (exact) mass is 1000 g/mol. The van der Waals surface area contributed by atoms with E-state index in [-0.39, 0.29) is 26.5 Å². The van der Waals surface area contributed by atoms with Crippen LogP contribution < -0.4 is 0 Å². The molecule has 0 amide bonds. The number of pyridine rings is 1. The molecule has 8 aromatic carbocycles. The van der Waals surface area contributed by atoms with Crippen molar-refractivity contribution in [2.75, 3.05) is 0 Å². The Morgan fingerprint density at radius 2 is 1.08 bits per heavy atom. The van der Waals surface area contributed by atoms with Gasteiger partial charge in [-0.2, -0.15) is 24.3 Å². The predicted molar refractivity (Wildman–Crippen MR) is 263 cm³/mol. The number of benzene rings is 8. The van der Waals surface area contributed by atoms with Gasteiger partial charge in [-0.3, -0.25) is 0 Å². The van der Waals surface area contributed by atoms with Crippen molar-refractivity contribution in [3.8, 4) is 0 Å². The summed E-state index contributed by atoms with van der Waals surface area (Å²) in [4.78, 5) is 5.62. The normalized spacial score (nSPS) is 12.2. The number of rotatable bonds is 0. The Morgan fingerprint density at radius 3 is 1.86 bits per heavy atom. The fourth-order valence-corrected chi connectivity index (χ4v) is 9.92. The summed E-state index contributed by atoms with van der Waals surface area (Å²) in [6.45, 7) is 6.82. The fraction of sp³-hybridized carbons (Fsp3) is 0.0690. The van der Waals surface area contributed by atoms with Crippen molar-refractivity contribution in [3.05, 3.63) is 200 Å². The summed E-state index contributed by atoms with van der Waals surface area (Å²) in [5.74, 6) is 0. The fourth-order valence-electron chi connectivity index (χ4n) is 9.92. The minimum atomic E-state index is -0.172. The van der Waals surface area contributed by atoms with Gasteiger partial charge in [0.25, 0.3) is 0 Å². The van der Waals surface area contributed by atoms with Crippen LogP contribution in [0.1, 0.15) is 26.3 Å². The molecule has 0 unspecified atom stereocenters. The number of nitrogens with zero attached hydrogens (tertiary/aromatic N) is 4. The second kappa shape index (κ2) is 14.4. The second-order valence-corrected chi connectivity index (χ2v) is 17.7. The van der Waals surface area contributed by atoms with E-state index in [1.165, 1.54) is 27.1 Å². The molecule has 64 heavy (non-hydrogen) atoms. The third kappa shape index (κ3) is 5.81. The maximum Gasteiger partial charge on any atom is 0.136 e. The molecule has 0 fully saturated rings. The van der Waals surface area contributed by atoms with Gasteiger partial charge in [-0.15, -0.1) is 29.1 Å². The minimum absolute atomic E-state index is 0. The van der Waals surface area contributed by atoms with Crippen LogP contribution in [0.2, 0.25) is 0 Å². The summed E-state index contributed by atoms with van der Waals surface area (Å²) in [6.07, 6.45) is 2.22.